The molecule has 0 aromatic heterocycles. The summed E-state index contributed by atoms with van der Waals surface area (Å²) in [6.45, 7) is 7.36. The number of aliphatic imine (C=N–C) groups is 1. The van der Waals surface area contributed by atoms with E-state index in [0.29, 0.717) is 12.6 Å². The number of guanidine groups is 1. The Hall–Kier alpha value is -2.01. The van der Waals surface area contributed by atoms with Gasteiger partial charge in [-0.25, -0.2) is 4.99 Å². The van der Waals surface area contributed by atoms with Gasteiger partial charge in [-0.2, -0.15) is 0 Å². The first-order valence-electron chi connectivity index (χ1n) is 8.98. The van der Waals surface area contributed by atoms with Gasteiger partial charge in [-0.3, -0.25) is 0 Å². The van der Waals surface area contributed by atoms with Gasteiger partial charge in [0, 0.05) is 38.5 Å². The van der Waals surface area contributed by atoms with Crippen LogP contribution in [0.25, 0.3) is 0 Å². The van der Waals surface area contributed by atoms with Gasteiger partial charge < -0.3 is 20.3 Å². The van der Waals surface area contributed by atoms with Gasteiger partial charge in [0.25, 0.3) is 0 Å². The van der Waals surface area contributed by atoms with Gasteiger partial charge in [0.1, 0.15) is 0 Å². The number of nitrogens with one attached hydrogen (secondary N) is 2. The van der Waals surface area contributed by atoms with E-state index in [4.69, 9.17) is 4.74 Å². The van der Waals surface area contributed by atoms with E-state index in [1.807, 2.05) is 0 Å². The van der Waals surface area contributed by atoms with Gasteiger partial charge in [-0.1, -0.05) is 24.3 Å². The van der Waals surface area contributed by atoms with Crippen molar-refractivity contribution in [2.75, 3.05) is 37.7 Å². The molecule has 2 aliphatic rings. The first kappa shape index (κ1) is 16.8. The van der Waals surface area contributed by atoms with Crippen LogP contribution in [0.5, 0.6) is 0 Å². The molecule has 0 spiro atoms. The fourth-order valence-corrected chi connectivity index (χ4v) is 3.03. The second kappa shape index (κ2) is 8.73. The average Bonchev–Trinajstić information content (AvgIpc) is 3.31. The van der Waals surface area contributed by atoms with Crippen molar-refractivity contribution in [3.63, 3.8) is 0 Å². The number of hydrogen-bond donors (Lipinski definition) is 2. The normalized spacial score (nSPS) is 20.6. The van der Waals surface area contributed by atoms with Gasteiger partial charge >= 0.3 is 0 Å². The zero-order chi connectivity index (χ0) is 16.6. The maximum atomic E-state index is 5.65. The lowest BCUT2D eigenvalue weighted by Gasteiger charge is -2.18. The van der Waals surface area contributed by atoms with Crippen LogP contribution in [-0.4, -0.2) is 44.8 Å². The summed E-state index contributed by atoms with van der Waals surface area (Å²) >= 11 is 0. The summed E-state index contributed by atoms with van der Waals surface area (Å²) in [4.78, 5) is 7.03. The number of hydrogen-bond acceptors (Lipinski definition) is 3. The van der Waals surface area contributed by atoms with Crippen molar-refractivity contribution in [3.05, 3.63) is 42.0 Å². The van der Waals surface area contributed by atoms with E-state index in [2.05, 4.69) is 63.9 Å². The molecular weight excluding hydrogens is 300 g/mol. The van der Waals surface area contributed by atoms with Crippen LogP contribution in [0, 0.1) is 0 Å². The second-order valence-electron chi connectivity index (χ2n) is 6.25. The first-order valence-corrected chi connectivity index (χ1v) is 8.98. The summed E-state index contributed by atoms with van der Waals surface area (Å²) in [5.41, 5.74) is 2.50. The molecule has 2 aliphatic heterocycles. The van der Waals surface area contributed by atoms with Crippen LogP contribution in [0.3, 0.4) is 0 Å². The predicted molar refractivity (Wildman–Crippen MR) is 99.6 cm³/mol. The molecule has 130 valence electrons. The lowest BCUT2D eigenvalue weighted by molar-refractivity contribution is 0.114. The molecule has 1 aromatic carbocycles. The number of rotatable bonds is 6. The second-order valence-corrected chi connectivity index (χ2v) is 6.25. The molecule has 1 atom stereocenters. The van der Waals surface area contributed by atoms with Crippen molar-refractivity contribution in [2.45, 2.75) is 32.4 Å². The summed E-state index contributed by atoms with van der Waals surface area (Å²) in [7, 11) is 0. The highest BCUT2D eigenvalue weighted by molar-refractivity contribution is 5.79. The van der Waals surface area contributed by atoms with Crippen LogP contribution in [0.15, 0.2) is 41.4 Å². The third-order valence-electron chi connectivity index (χ3n) is 4.40. The Bertz CT molecular complexity index is 553. The van der Waals surface area contributed by atoms with Crippen molar-refractivity contribution in [1.82, 2.24) is 10.6 Å². The molecule has 0 aliphatic carbocycles. The molecule has 0 amide bonds. The van der Waals surface area contributed by atoms with Crippen molar-refractivity contribution in [3.8, 4) is 0 Å². The summed E-state index contributed by atoms with van der Waals surface area (Å²) < 4.78 is 5.65. The van der Waals surface area contributed by atoms with E-state index in [1.54, 1.807) is 0 Å². The van der Waals surface area contributed by atoms with Crippen LogP contribution < -0.4 is 15.5 Å². The topological polar surface area (TPSA) is 48.9 Å². The smallest absolute Gasteiger partial charge is 0.191 e. The van der Waals surface area contributed by atoms with Crippen molar-refractivity contribution < 1.29 is 4.74 Å². The highest BCUT2D eigenvalue weighted by Gasteiger charge is 2.15. The summed E-state index contributed by atoms with van der Waals surface area (Å²) in [5, 5.41) is 6.69. The minimum Gasteiger partial charge on any atom is -0.376 e. The minimum atomic E-state index is 0.321. The molecule has 2 heterocycles. The highest BCUT2D eigenvalue weighted by Crippen LogP contribution is 2.18. The van der Waals surface area contributed by atoms with Crippen LogP contribution in [0.2, 0.25) is 0 Å². The van der Waals surface area contributed by atoms with E-state index in [0.717, 1.165) is 45.2 Å². The summed E-state index contributed by atoms with van der Waals surface area (Å²) in [5.74, 6) is 0.862. The molecule has 1 saturated heterocycles. The van der Waals surface area contributed by atoms with Crippen molar-refractivity contribution >= 4 is 11.6 Å². The zero-order valence-electron chi connectivity index (χ0n) is 14.5. The summed E-state index contributed by atoms with van der Waals surface area (Å²) in [6.07, 6.45) is 7.04. The van der Waals surface area contributed by atoms with Crippen LogP contribution >= 0.6 is 0 Å². The monoisotopic (exact) mass is 328 g/mol. The Kier molecular flexibility index (Phi) is 6.13. The van der Waals surface area contributed by atoms with Crippen LogP contribution in [-0.2, 0) is 11.3 Å². The first-order chi connectivity index (χ1) is 11.8. The number of nitrogens with zero attached hydrogens (tertiary/aromatic N) is 2. The van der Waals surface area contributed by atoms with Gasteiger partial charge in [-0.15, -0.1) is 0 Å². The number of anilines is 1. The molecule has 2 N–H and O–H groups in total. The third kappa shape index (κ3) is 4.74. The zero-order valence-corrected chi connectivity index (χ0v) is 14.5. The maximum absolute atomic E-state index is 5.65. The SMILES string of the molecule is CCNC(=NCc1ccc(N2CC=CC2)cc1)NCC1CCCO1. The molecule has 5 heteroatoms. The van der Waals surface area contributed by atoms with E-state index < -0.39 is 0 Å². The Balaban J connectivity index is 1.52. The molecule has 0 radical (unpaired) electrons. The molecule has 0 saturated carbocycles. The standard InChI is InChI=1S/C19H28N4O/c1-2-20-19(22-15-18-6-5-13-24-18)21-14-16-7-9-17(10-8-16)23-11-3-4-12-23/h3-4,7-10,18H,2,5-6,11-15H2,1H3,(H2,20,21,22). The van der Waals surface area contributed by atoms with Crippen LogP contribution in [0.1, 0.15) is 25.3 Å². The molecule has 0 bridgehead atoms. The lowest BCUT2D eigenvalue weighted by atomic mass is 10.2. The Morgan fingerprint density at radius 1 is 1.21 bits per heavy atom. The van der Waals surface area contributed by atoms with Gasteiger partial charge in [0.15, 0.2) is 5.96 Å². The van der Waals surface area contributed by atoms with Crippen molar-refractivity contribution in [1.29, 1.82) is 0 Å². The fraction of sp³-hybridized carbons (Fsp3) is 0.526. The molecule has 1 unspecified atom stereocenters. The average molecular weight is 328 g/mol. The molecule has 5 nitrogen and oxygen atoms in total. The Morgan fingerprint density at radius 3 is 2.67 bits per heavy atom. The Labute approximate surface area is 144 Å². The van der Waals surface area contributed by atoms with E-state index >= 15 is 0 Å². The maximum Gasteiger partial charge on any atom is 0.191 e. The molecule has 1 aromatic rings. The Morgan fingerprint density at radius 2 is 2.00 bits per heavy atom. The minimum absolute atomic E-state index is 0.321. The number of benzene rings is 1. The highest BCUT2D eigenvalue weighted by atomic mass is 16.5. The third-order valence-corrected chi connectivity index (χ3v) is 4.40. The van der Waals surface area contributed by atoms with E-state index in [9.17, 15) is 0 Å². The van der Waals surface area contributed by atoms with Crippen LogP contribution in [0.4, 0.5) is 5.69 Å². The molecule has 1 fully saturated rings. The van der Waals surface area contributed by atoms with Gasteiger partial charge in [0.2, 0.25) is 0 Å². The lowest BCUT2D eigenvalue weighted by Crippen LogP contribution is -2.41. The number of ether oxygens (including phenoxy) is 1. The van der Waals surface area contributed by atoms with E-state index in [-0.39, 0.29) is 0 Å². The van der Waals surface area contributed by atoms with E-state index in [1.165, 1.54) is 17.7 Å². The molecular formula is C19H28N4O. The van der Waals surface area contributed by atoms with Gasteiger partial charge in [0.05, 0.1) is 12.6 Å². The quantitative estimate of drug-likeness (QED) is 0.478. The van der Waals surface area contributed by atoms with Gasteiger partial charge in [-0.05, 0) is 37.5 Å². The molecule has 24 heavy (non-hydrogen) atoms. The predicted octanol–water partition coefficient (Wildman–Crippen LogP) is 2.30. The largest absolute Gasteiger partial charge is 0.376 e. The van der Waals surface area contributed by atoms with Crippen molar-refractivity contribution in [2.24, 2.45) is 4.99 Å². The molecule has 3 rings (SSSR count). The fourth-order valence-electron chi connectivity index (χ4n) is 3.03. The summed E-state index contributed by atoms with van der Waals surface area (Å²) in [6, 6.07) is 8.71.